The van der Waals surface area contributed by atoms with Crippen molar-refractivity contribution in [2.24, 2.45) is 35.5 Å². The molecule has 118 heavy (non-hydrogen) atoms. The number of pyridine rings is 3. The summed E-state index contributed by atoms with van der Waals surface area (Å²) in [6.07, 6.45) is -11.4. The molecule has 6 aromatic carbocycles. The highest BCUT2D eigenvalue weighted by Gasteiger charge is 2.81. The van der Waals surface area contributed by atoms with Gasteiger partial charge < -0.3 is 83.5 Å². The molecule has 6 fully saturated rings. The summed E-state index contributed by atoms with van der Waals surface area (Å²) in [5.41, 5.74) is -5.63. The van der Waals surface area contributed by atoms with E-state index in [9.17, 15) is 57.0 Å². The minimum atomic E-state index is -2.42. The third kappa shape index (κ3) is 12.5. The Kier molecular flexibility index (Phi) is 21.6. The zero-order valence-corrected chi connectivity index (χ0v) is 65.8. The van der Waals surface area contributed by atoms with Crippen molar-refractivity contribution in [2.45, 2.75) is 88.9 Å². The predicted octanol–water partition coefficient (Wildman–Crippen LogP) is 14.2. The smallest absolute Gasteiger partial charge is 0.319 e. The fourth-order valence-corrected chi connectivity index (χ4v) is 20.8. The Bertz CT molecular complexity index is 5210. The second-order valence-corrected chi connectivity index (χ2v) is 32.6. The number of fused-ring (bicyclic) bond motifs is 9. The molecule has 3 aliphatic carbocycles. The van der Waals surface area contributed by atoms with E-state index in [1.807, 2.05) is 130 Å². The number of benzene rings is 6. The van der Waals surface area contributed by atoms with Crippen LogP contribution in [0.15, 0.2) is 186 Å². The molecule has 3 saturated carbocycles. The van der Waals surface area contributed by atoms with Gasteiger partial charge in [0.25, 0.3) is 11.6 Å². The molecule has 0 amide bonds. The first-order valence-electron chi connectivity index (χ1n) is 38.1. The quantitative estimate of drug-likeness (QED) is 0.0266. The van der Waals surface area contributed by atoms with Crippen molar-refractivity contribution < 1.29 is 85.4 Å². The number of alkyl halides is 6. The largest absolute Gasteiger partial charge is 0.481 e. The lowest BCUT2D eigenvalue weighted by Gasteiger charge is -2.43. The molecular weight excluding hydrogens is 1620 g/mol. The van der Waals surface area contributed by atoms with Crippen LogP contribution in [-0.4, -0.2) is 178 Å². The van der Waals surface area contributed by atoms with Crippen LogP contribution in [0.1, 0.15) is 67.8 Å². The van der Waals surface area contributed by atoms with E-state index in [2.05, 4.69) is 50.3 Å². The van der Waals surface area contributed by atoms with Crippen molar-refractivity contribution in [2.75, 3.05) is 80.2 Å². The second-order valence-electron chi connectivity index (χ2n) is 31.3. The van der Waals surface area contributed by atoms with Crippen LogP contribution in [0.4, 0.5) is 49.4 Å². The van der Waals surface area contributed by atoms with Crippen LogP contribution in [0.25, 0.3) is 19.4 Å². The summed E-state index contributed by atoms with van der Waals surface area (Å²) in [5.74, 6) is -5.36. The van der Waals surface area contributed by atoms with E-state index in [4.69, 9.17) is 66.3 Å². The lowest BCUT2D eigenvalue weighted by atomic mass is 9.70. The zero-order chi connectivity index (χ0) is 83.3. The van der Waals surface area contributed by atoms with E-state index >= 15 is 0 Å². The molecule has 6 aliphatic heterocycles. The lowest BCUT2D eigenvalue weighted by Crippen LogP contribution is -2.53. The van der Waals surface area contributed by atoms with E-state index in [1.54, 1.807) is 48.5 Å². The van der Waals surface area contributed by atoms with Gasteiger partial charge in [-0.05, 0) is 45.5 Å². The van der Waals surface area contributed by atoms with Crippen LogP contribution in [0.2, 0.25) is 5.15 Å². The van der Waals surface area contributed by atoms with Crippen LogP contribution in [0.5, 0.6) is 34.9 Å². The molecule has 608 valence electrons. The molecule has 3 aromatic heterocycles. The SMILES string of the molecule is COc1nc(Cl)cc2c1[C@]1(O)[C@H](O)[C@H](CN3CC(C(F)F)C3)[C@@H](c3ccccc3)[C@]1(c1ccc(Br)cc1)O2.[C-]#[N+]c1ccc([C@@]23Oc4cc([N+]#[C-])nc(OC)c4[C@]2(O)[C@H](O)[C@H](CN2CC(C(F)F)C2)[C@H]3c2ccccc2)cc1.[C-]#[N+]c1ccc([C@@]23Oc4cc([N+]#[C-])nc(OC)c4[C@]2(O)[C@H](O)[C@H](CN2CC(C(F)F)C2)[C@H]3c2ccccc2)cc1. The molecule has 3 saturated heterocycles. The molecule has 0 spiro atoms. The highest BCUT2D eigenvalue weighted by molar-refractivity contribution is 9.10. The van der Waals surface area contributed by atoms with Crippen LogP contribution in [0.3, 0.4) is 0 Å². The Balaban J connectivity index is 0.000000132. The molecule has 0 radical (unpaired) electrons. The monoisotopic (exact) mass is 1690 g/mol. The number of rotatable bonds is 18. The molecule has 9 aromatic rings. The summed E-state index contributed by atoms with van der Waals surface area (Å²) < 4.78 is 117. The number of aliphatic hydroxyl groups is 6. The predicted molar refractivity (Wildman–Crippen MR) is 422 cm³/mol. The molecule has 9 aliphatic rings. The van der Waals surface area contributed by atoms with E-state index < -0.39 is 124 Å². The number of hydrogen-bond acceptors (Lipinski definition) is 18. The van der Waals surface area contributed by atoms with Crippen LogP contribution in [-0.2, 0) is 33.6 Å². The van der Waals surface area contributed by atoms with Gasteiger partial charge in [-0.25, -0.2) is 41.0 Å². The van der Waals surface area contributed by atoms with Crippen molar-refractivity contribution in [1.82, 2.24) is 29.7 Å². The number of nitrogens with zero attached hydrogens (tertiary/aromatic N) is 10. The second kappa shape index (κ2) is 31.3. The Hall–Kier alpha value is -10.5. The summed E-state index contributed by atoms with van der Waals surface area (Å²) in [6.45, 7) is 31.7. The average Bonchev–Trinajstić information content (AvgIpc) is 1.51. The molecule has 15 atom stereocenters. The molecule has 18 rings (SSSR count). The van der Waals surface area contributed by atoms with Gasteiger partial charge in [0.2, 0.25) is 25.2 Å². The molecule has 22 nitrogen and oxygen atoms in total. The van der Waals surface area contributed by atoms with Gasteiger partial charge in [0.05, 0.1) is 58.3 Å². The van der Waals surface area contributed by atoms with E-state index in [1.165, 1.54) is 39.5 Å². The highest BCUT2D eigenvalue weighted by atomic mass is 79.9. The third-order valence-corrected chi connectivity index (χ3v) is 26.1. The normalized spacial score (nSPS) is 29.6. The Morgan fingerprint density at radius 1 is 0.432 bits per heavy atom. The van der Waals surface area contributed by atoms with Gasteiger partial charge in [0.15, 0.2) is 45.0 Å². The lowest BCUT2D eigenvalue weighted by molar-refractivity contribution is -0.153. The fourth-order valence-electron chi connectivity index (χ4n) is 20.3. The van der Waals surface area contributed by atoms with Gasteiger partial charge in [-0.1, -0.05) is 202 Å². The highest BCUT2D eigenvalue weighted by Crippen LogP contribution is 2.74. The van der Waals surface area contributed by atoms with Gasteiger partial charge in [0.1, 0.15) is 33.5 Å². The van der Waals surface area contributed by atoms with Crippen molar-refractivity contribution in [3.05, 3.63) is 287 Å². The number of halogens is 8. The van der Waals surface area contributed by atoms with Crippen molar-refractivity contribution in [3.8, 4) is 34.9 Å². The summed E-state index contributed by atoms with van der Waals surface area (Å²) in [6, 6.07) is 53.2. The molecule has 30 heteroatoms. The van der Waals surface area contributed by atoms with Gasteiger partial charge in [-0.3, -0.25) is 0 Å². The topological polar surface area (TPSA) is 243 Å². The molecule has 9 heterocycles. The minimum absolute atomic E-state index is 0.00130. The number of methoxy groups -OCH3 is 3. The summed E-state index contributed by atoms with van der Waals surface area (Å²) in [4.78, 5) is 32.2. The third-order valence-electron chi connectivity index (χ3n) is 25.4. The standard InChI is InChI=1S/2C30H26F2N4O4.C28H26BrClF2N2O4/c2*1-33-20-11-9-19(10-12-20)30-24(17-7-5-4-6-8-17)21(16-36-14-18(15-36)27(31)32)26(37)29(30,38)25-22(40-30)13-23(34-2)35-28(25)39-3;1-37-26-23-20(11-21(30)33-26)38-28(17-7-9-18(29)10-8-17)22(15-5-3-2-4-6-15)19(24(35)27(23,28)36)14-34-12-16(13-34)25(31)32/h2*4-13,18,21,24,26-27,37-38H,14-16H2,3H3;2-11,16,19,22,24-25,35-36H,12-14H2,1H3/t2*21-,24-,26-,29+,30+;19-,22-,24-,27+,28+/m111/s1. The number of aromatic nitrogens is 3. The van der Waals surface area contributed by atoms with Crippen molar-refractivity contribution in [3.63, 3.8) is 0 Å². The van der Waals surface area contributed by atoms with Crippen molar-refractivity contribution in [1.29, 1.82) is 0 Å². The molecule has 6 N–H and O–H groups in total. The fraction of sp³-hybridized carbons (Fsp3) is 0.375. The Morgan fingerprint density at radius 2 is 0.712 bits per heavy atom. The number of likely N-dealkylation sites (tertiary alicyclic amines) is 3. The number of aliphatic hydroxyl groups excluding tert-OH is 3. The maximum Gasteiger partial charge on any atom is 0.319 e. The van der Waals surface area contributed by atoms with Gasteiger partial charge in [-0.15, -0.1) is 0 Å². The summed E-state index contributed by atoms with van der Waals surface area (Å²) in [5, 5.41) is 74.9. The first-order chi connectivity index (χ1) is 56.8. The Morgan fingerprint density at radius 3 is 0.983 bits per heavy atom. The van der Waals surface area contributed by atoms with Crippen LogP contribution >= 0.6 is 27.5 Å². The van der Waals surface area contributed by atoms with Gasteiger partial charge in [-0.2, -0.15) is 0 Å². The van der Waals surface area contributed by atoms with Gasteiger partial charge >= 0.3 is 11.8 Å². The first kappa shape index (κ1) is 81.3. The van der Waals surface area contributed by atoms with Crippen LogP contribution in [0, 0.1) is 61.8 Å². The van der Waals surface area contributed by atoms with Crippen LogP contribution < -0.4 is 28.4 Å². The van der Waals surface area contributed by atoms with Crippen molar-refractivity contribution >= 4 is 50.5 Å². The molecule has 0 unspecified atom stereocenters. The first-order valence-corrected chi connectivity index (χ1v) is 39.3. The maximum absolute atomic E-state index is 13.3. The zero-order valence-electron chi connectivity index (χ0n) is 63.5. The molecular formula is C88H78BrClF6N10O12. The van der Waals surface area contributed by atoms with Gasteiger partial charge in [0, 0.05) is 135 Å². The van der Waals surface area contributed by atoms with E-state index in [0.717, 1.165) is 21.2 Å². The number of hydrogen-bond donors (Lipinski definition) is 6. The number of ether oxygens (including phenoxy) is 6. The maximum atomic E-state index is 13.3. The van der Waals surface area contributed by atoms with E-state index in [-0.39, 0.29) is 121 Å². The summed E-state index contributed by atoms with van der Waals surface area (Å²) >= 11 is 9.77. The summed E-state index contributed by atoms with van der Waals surface area (Å²) in [7, 11) is 4.14. The molecule has 0 bridgehead atoms. The Labute approximate surface area is 688 Å². The average molecular weight is 1700 g/mol. The van der Waals surface area contributed by atoms with E-state index in [0.29, 0.717) is 34.6 Å². The minimum Gasteiger partial charge on any atom is -0.481 e.